The van der Waals surface area contributed by atoms with Gasteiger partial charge >= 0.3 is 0 Å². The van der Waals surface area contributed by atoms with E-state index in [0.717, 1.165) is 22.0 Å². The van der Waals surface area contributed by atoms with Crippen LogP contribution in [0.2, 0.25) is 0 Å². The zero-order valence-corrected chi connectivity index (χ0v) is 11.7. The zero-order valence-electron chi connectivity index (χ0n) is 10.9. The molecule has 0 radical (unpaired) electrons. The maximum atomic E-state index is 5.66. The summed E-state index contributed by atoms with van der Waals surface area (Å²) >= 11 is 1.64. The van der Waals surface area contributed by atoms with Gasteiger partial charge in [-0.25, -0.2) is 0 Å². The van der Waals surface area contributed by atoms with E-state index in [1.807, 2.05) is 18.4 Å². The SMILES string of the molecule is COc1cc(C2OC2(C)C)c(OC)cc1SC. The predicted molar refractivity (Wildman–Crippen MR) is 69.2 cm³/mol. The Morgan fingerprint density at radius 1 is 1.18 bits per heavy atom. The first-order valence-corrected chi connectivity index (χ1v) is 6.73. The quantitative estimate of drug-likeness (QED) is 0.609. The molecular weight excluding hydrogens is 236 g/mol. The molecule has 4 heteroatoms. The van der Waals surface area contributed by atoms with Gasteiger partial charge in [0.15, 0.2) is 0 Å². The molecule has 17 heavy (non-hydrogen) atoms. The Labute approximate surface area is 106 Å². The molecule has 0 aliphatic carbocycles. The van der Waals surface area contributed by atoms with Crippen LogP contribution in [-0.2, 0) is 4.74 Å². The van der Waals surface area contributed by atoms with Crippen LogP contribution in [0.5, 0.6) is 11.5 Å². The third kappa shape index (κ3) is 2.24. The van der Waals surface area contributed by atoms with Crippen molar-refractivity contribution in [1.82, 2.24) is 0 Å². The first kappa shape index (κ1) is 12.6. The maximum Gasteiger partial charge on any atom is 0.133 e. The van der Waals surface area contributed by atoms with E-state index < -0.39 is 0 Å². The lowest BCUT2D eigenvalue weighted by Gasteiger charge is -2.13. The molecule has 1 aromatic carbocycles. The van der Waals surface area contributed by atoms with Crippen molar-refractivity contribution in [3.05, 3.63) is 17.7 Å². The highest BCUT2D eigenvalue weighted by atomic mass is 32.2. The minimum Gasteiger partial charge on any atom is -0.496 e. The van der Waals surface area contributed by atoms with Crippen molar-refractivity contribution in [2.45, 2.75) is 30.4 Å². The van der Waals surface area contributed by atoms with Gasteiger partial charge < -0.3 is 14.2 Å². The summed E-state index contributed by atoms with van der Waals surface area (Å²) in [6, 6.07) is 4.03. The van der Waals surface area contributed by atoms with E-state index in [1.165, 1.54) is 0 Å². The van der Waals surface area contributed by atoms with Crippen molar-refractivity contribution >= 4 is 11.8 Å². The Bertz CT molecular complexity index is 429. The Kier molecular flexibility index (Phi) is 3.27. The largest absolute Gasteiger partial charge is 0.496 e. The van der Waals surface area contributed by atoms with Crippen molar-refractivity contribution < 1.29 is 14.2 Å². The summed E-state index contributed by atoms with van der Waals surface area (Å²) in [7, 11) is 3.37. The first-order chi connectivity index (χ1) is 8.03. The van der Waals surface area contributed by atoms with Crippen LogP contribution in [0.3, 0.4) is 0 Å². The minimum absolute atomic E-state index is 0.0981. The van der Waals surface area contributed by atoms with Gasteiger partial charge in [0.2, 0.25) is 0 Å². The standard InChI is InChI=1S/C13H18O3S/c1-13(2)12(16-13)8-6-10(15-4)11(17-5)7-9(8)14-3/h6-7,12H,1-5H3. The summed E-state index contributed by atoms with van der Waals surface area (Å²) in [6.07, 6.45) is 2.12. The fraction of sp³-hybridized carbons (Fsp3) is 0.538. The topological polar surface area (TPSA) is 31.0 Å². The molecule has 3 nitrogen and oxygen atoms in total. The number of hydrogen-bond acceptors (Lipinski definition) is 4. The average molecular weight is 254 g/mol. The third-order valence-electron chi connectivity index (χ3n) is 3.01. The van der Waals surface area contributed by atoms with Gasteiger partial charge in [-0.15, -0.1) is 11.8 Å². The zero-order chi connectivity index (χ0) is 12.6. The summed E-state index contributed by atoms with van der Waals surface area (Å²) in [6.45, 7) is 4.15. The Morgan fingerprint density at radius 2 is 1.76 bits per heavy atom. The van der Waals surface area contributed by atoms with Gasteiger partial charge in [0.1, 0.15) is 17.6 Å². The van der Waals surface area contributed by atoms with Gasteiger partial charge in [0.05, 0.1) is 24.7 Å². The number of benzene rings is 1. The summed E-state index contributed by atoms with van der Waals surface area (Å²) < 4.78 is 16.5. The van der Waals surface area contributed by atoms with Crippen LogP contribution in [0.15, 0.2) is 17.0 Å². The molecule has 2 rings (SSSR count). The maximum absolute atomic E-state index is 5.66. The normalized spacial score (nSPS) is 21.1. The van der Waals surface area contributed by atoms with E-state index in [0.29, 0.717) is 0 Å². The van der Waals surface area contributed by atoms with E-state index in [2.05, 4.69) is 13.8 Å². The lowest BCUT2D eigenvalue weighted by Crippen LogP contribution is -2.01. The molecule has 1 saturated heterocycles. The molecule has 1 aliphatic rings. The van der Waals surface area contributed by atoms with Crippen molar-refractivity contribution in [1.29, 1.82) is 0 Å². The number of rotatable bonds is 4. The van der Waals surface area contributed by atoms with Crippen LogP contribution < -0.4 is 9.47 Å². The van der Waals surface area contributed by atoms with Gasteiger partial charge in [-0.1, -0.05) is 0 Å². The number of hydrogen-bond donors (Lipinski definition) is 0. The van der Waals surface area contributed by atoms with Crippen LogP contribution >= 0.6 is 11.8 Å². The number of ether oxygens (including phenoxy) is 3. The molecule has 1 atom stereocenters. The van der Waals surface area contributed by atoms with Gasteiger partial charge in [-0.3, -0.25) is 0 Å². The number of thioether (sulfide) groups is 1. The monoisotopic (exact) mass is 254 g/mol. The van der Waals surface area contributed by atoms with E-state index in [1.54, 1.807) is 26.0 Å². The molecule has 1 aliphatic heterocycles. The summed E-state index contributed by atoms with van der Waals surface area (Å²) in [5.74, 6) is 1.74. The van der Waals surface area contributed by atoms with Crippen LogP contribution in [-0.4, -0.2) is 26.1 Å². The molecule has 0 saturated carbocycles. The van der Waals surface area contributed by atoms with Crippen LogP contribution in [0.4, 0.5) is 0 Å². The first-order valence-electron chi connectivity index (χ1n) is 5.51. The highest BCUT2D eigenvalue weighted by Crippen LogP contribution is 2.53. The predicted octanol–water partition coefficient (Wildman–Crippen LogP) is 3.28. The molecule has 0 amide bonds. The molecule has 0 bridgehead atoms. The van der Waals surface area contributed by atoms with E-state index in [9.17, 15) is 0 Å². The third-order valence-corrected chi connectivity index (χ3v) is 3.77. The number of methoxy groups -OCH3 is 2. The summed E-state index contributed by atoms with van der Waals surface area (Å²) in [4.78, 5) is 1.08. The lowest BCUT2D eigenvalue weighted by atomic mass is 10.0. The van der Waals surface area contributed by atoms with E-state index in [4.69, 9.17) is 14.2 Å². The van der Waals surface area contributed by atoms with E-state index in [-0.39, 0.29) is 11.7 Å². The highest BCUT2D eigenvalue weighted by Gasteiger charge is 2.50. The van der Waals surface area contributed by atoms with Crippen molar-refractivity contribution in [3.8, 4) is 11.5 Å². The second-order valence-electron chi connectivity index (χ2n) is 4.55. The van der Waals surface area contributed by atoms with Gasteiger partial charge in [-0.05, 0) is 32.2 Å². The van der Waals surface area contributed by atoms with Crippen LogP contribution in [0, 0.1) is 0 Å². The molecule has 1 aromatic rings. The summed E-state index contributed by atoms with van der Waals surface area (Å²) in [5.41, 5.74) is 0.964. The Hall–Kier alpha value is -0.870. The molecule has 0 spiro atoms. The molecule has 0 aromatic heterocycles. The molecular formula is C13H18O3S. The Balaban J connectivity index is 2.44. The molecule has 0 N–H and O–H groups in total. The smallest absolute Gasteiger partial charge is 0.133 e. The molecule has 1 fully saturated rings. The van der Waals surface area contributed by atoms with E-state index >= 15 is 0 Å². The van der Waals surface area contributed by atoms with Gasteiger partial charge in [0, 0.05) is 5.56 Å². The van der Waals surface area contributed by atoms with Gasteiger partial charge in [-0.2, -0.15) is 0 Å². The molecule has 94 valence electrons. The minimum atomic E-state index is -0.0981. The average Bonchev–Trinajstić information content (AvgIpc) is 2.96. The second kappa shape index (κ2) is 4.42. The fourth-order valence-corrected chi connectivity index (χ4v) is 2.53. The lowest BCUT2D eigenvalue weighted by molar-refractivity contribution is 0.321. The van der Waals surface area contributed by atoms with Crippen molar-refractivity contribution in [3.63, 3.8) is 0 Å². The number of epoxide rings is 1. The second-order valence-corrected chi connectivity index (χ2v) is 5.40. The molecule has 1 unspecified atom stereocenters. The van der Waals surface area contributed by atoms with Crippen LogP contribution in [0.1, 0.15) is 25.5 Å². The highest BCUT2D eigenvalue weighted by molar-refractivity contribution is 7.98. The fourth-order valence-electron chi connectivity index (χ4n) is 1.97. The van der Waals surface area contributed by atoms with Crippen molar-refractivity contribution in [2.24, 2.45) is 0 Å². The Morgan fingerprint density at radius 3 is 2.18 bits per heavy atom. The van der Waals surface area contributed by atoms with Crippen LogP contribution in [0.25, 0.3) is 0 Å². The van der Waals surface area contributed by atoms with Gasteiger partial charge in [0.25, 0.3) is 0 Å². The summed E-state index contributed by atoms with van der Waals surface area (Å²) in [5, 5.41) is 0. The molecule has 1 heterocycles. The van der Waals surface area contributed by atoms with Crippen molar-refractivity contribution in [2.75, 3.05) is 20.5 Å².